The monoisotopic (exact) mass is 431 g/mol. The molecule has 0 atom stereocenters. The van der Waals surface area contributed by atoms with Crippen LogP contribution in [0.15, 0.2) is 24.3 Å². The van der Waals surface area contributed by atoms with E-state index in [9.17, 15) is 19.2 Å². The van der Waals surface area contributed by atoms with Crippen LogP contribution in [0.3, 0.4) is 0 Å². The number of nitrogens with zero attached hydrogens (tertiary/aromatic N) is 2. The Hall–Kier alpha value is -3.11. The second-order valence-corrected chi connectivity index (χ2v) is 8.27. The zero-order valence-electron chi connectivity index (χ0n) is 17.0. The molecule has 1 aliphatic rings. The Morgan fingerprint density at radius 1 is 1.17 bits per heavy atom. The Morgan fingerprint density at radius 3 is 2.33 bits per heavy atom. The van der Waals surface area contributed by atoms with Crippen LogP contribution in [-0.2, 0) is 14.3 Å². The highest BCUT2D eigenvalue weighted by molar-refractivity contribution is 7.17. The first kappa shape index (κ1) is 21.6. The quantitative estimate of drug-likeness (QED) is 0.528. The Kier molecular flexibility index (Phi) is 5.99. The second kappa shape index (κ2) is 8.33. The molecular weight excluding hydrogens is 410 g/mol. The minimum atomic E-state index is -0.955. The number of aromatic nitrogens is 1. The highest BCUT2D eigenvalue weighted by Gasteiger charge is 2.44. The Bertz CT molecular complexity index is 994. The number of anilines is 1. The zero-order valence-corrected chi connectivity index (χ0v) is 17.8. The lowest BCUT2D eigenvalue weighted by Crippen LogP contribution is -2.50. The lowest BCUT2D eigenvalue weighted by atomic mass is 10.0. The summed E-state index contributed by atoms with van der Waals surface area (Å²) in [7, 11) is 1.27. The third-order valence-corrected chi connectivity index (χ3v) is 5.55. The fourth-order valence-electron chi connectivity index (χ4n) is 3.08. The molecule has 0 radical (unpaired) electrons. The van der Waals surface area contributed by atoms with Crippen molar-refractivity contribution in [2.45, 2.75) is 26.3 Å². The molecule has 1 aromatic heterocycles. The van der Waals surface area contributed by atoms with Gasteiger partial charge in [-0.25, -0.2) is 9.78 Å². The molecule has 0 saturated carbocycles. The Morgan fingerprint density at radius 2 is 1.77 bits per heavy atom. The molecule has 3 rings (SSSR count). The van der Waals surface area contributed by atoms with Crippen molar-refractivity contribution in [3.63, 3.8) is 0 Å². The normalized spacial score (nSPS) is 13.4. The van der Waals surface area contributed by atoms with Crippen LogP contribution in [0.2, 0.25) is 0 Å². The van der Waals surface area contributed by atoms with Gasteiger partial charge in [0.1, 0.15) is 11.5 Å². The molecule has 30 heavy (non-hydrogen) atoms. The molecular formula is C20H21N3O6S. The van der Waals surface area contributed by atoms with Crippen LogP contribution < -0.4 is 5.32 Å². The number of amides is 3. The number of esters is 1. The average molecular weight is 431 g/mol. The fraction of sp³-hybridized carbons (Fsp3) is 0.350. The molecule has 0 saturated heterocycles. The molecule has 0 spiro atoms. The largest absolute Gasteiger partial charge is 0.465 e. The van der Waals surface area contributed by atoms with Crippen LogP contribution in [0.4, 0.5) is 5.13 Å². The topological polar surface area (TPSA) is 115 Å². The number of carbonyl (C=O) groups excluding carboxylic acids is 4. The molecule has 1 aliphatic heterocycles. The SMILES string of the molecule is COC(=O)c1sc(NC(=O)COCC(C)(C)N2C(=O)c3ccccc3C2=O)nc1C. The van der Waals surface area contributed by atoms with E-state index >= 15 is 0 Å². The van der Waals surface area contributed by atoms with E-state index in [4.69, 9.17) is 4.74 Å². The van der Waals surface area contributed by atoms with Gasteiger partial charge in [0.05, 0.1) is 36.1 Å². The number of aryl methyl sites for hydroxylation is 1. The number of hydrogen-bond acceptors (Lipinski definition) is 8. The van der Waals surface area contributed by atoms with Gasteiger partial charge in [-0.05, 0) is 32.9 Å². The highest BCUT2D eigenvalue weighted by atomic mass is 32.1. The van der Waals surface area contributed by atoms with Crippen molar-refractivity contribution in [3.05, 3.63) is 46.0 Å². The van der Waals surface area contributed by atoms with Gasteiger partial charge in [-0.15, -0.1) is 0 Å². The molecule has 1 aromatic carbocycles. The van der Waals surface area contributed by atoms with Crippen molar-refractivity contribution in [3.8, 4) is 0 Å². The Labute approximate surface area is 177 Å². The van der Waals surface area contributed by atoms with Gasteiger partial charge >= 0.3 is 5.97 Å². The van der Waals surface area contributed by atoms with Crippen molar-refractivity contribution in [2.24, 2.45) is 0 Å². The van der Waals surface area contributed by atoms with Crippen molar-refractivity contribution in [2.75, 3.05) is 25.6 Å². The first-order valence-corrected chi connectivity index (χ1v) is 9.88. The van der Waals surface area contributed by atoms with Gasteiger partial charge in [-0.2, -0.15) is 0 Å². The number of rotatable bonds is 7. The molecule has 10 heteroatoms. The summed E-state index contributed by atoms with van der Waals surface area (Å²) in [4.78, 5) is 54.6. The molecule has 2 aromatic rings. The number of hydrogen-bond donors (Lipinski definition) is 1. The molecule has 0 fully saturated rings. The van der Waals surface area contributed by atoms with Crippen LogP contribution in [0.25, 0.3) is 0 Å². The standard InChI is InChI=1S/C20H21N3O6S/c1-11-15(18(27)28-4)30-19(21-11)22-14(24)9-29-10-20(2,3)23-16(25)12-7-5-6-8-13(12)17(23)26/h5-8H,9-10H2,1-4H3,(H,21,22,24). The van der Waals surface area contributed by atoms with E-state index in [2.05, 4.69) is 15.0 Å². The summed E-state index contributed by atoms with van der Waals surface area (Å²) in [5.41, 5.74) is 0.209. The molecule has 0 aliphatic carbocycles. The molecule has 3 amide bonds. The number of imide groups is 1. The van der Waals surface area contributed by atoms with Gasteiger partial charge in [0.15, 0.2) is 5.13 Å². The maximum Gasteiger partial charge on any atom is 0.350 e. The molecule has 0 unspecified atom stereocenters. The highest BCUT2D eigenvalue weighted by Crippen LogP contribution is 2.29. The first-order chi connectivity index (χ1) is 14.2. The summed E-state index contributed by atoms with van der Waals surface area (Å²) in [6.07, 6.45) is 0. The van der Waals surface area contributed by atoms with E-state index in [-0.39, 0.29) is 30.2 Å². The summed E-state index contributed by atoms with van der Waals surface area (Å²) in [6, 6.07) is 6.62. The minimum Gasteiger partial charge on any atom is -0.465 e. The van der Waals surface area contributed by atoms with E-state index in [0.29, 0.717) is 21.7 Å². The maximum atomic E-state index is 12.6. The van der Waals surface area contributed by atoms with Crippen molar-refractivity contribution >= 4 is 40.2 Å². The predicted molar refractivity (Wildman–Crippen MR) is 109 cm³/mol. The number of thiazole rings is 1. The van der Waals surface area contributed by atoms with Crippen molar-refractivity contribution in [1.82, 2.24) is 9.88 Å². The number of fused-ring (bicyclic) bond motifs is 1. The molecule has 9 nitrogen and oxygen atoms in total. The van der Waals surface area contributed by atoms with Crippen molar-refractivity contribution < 1.29 is 28.7 Å². The van der Waals surface area contributed by atoms with E-state index in [0.717, 1.165) is 16.2 Å². The average Bonchev–Trinajstić information content (AvgIpc) is 3.18. The van der Waals surface area contributed by atoms with Gasteiger partial charge in [0.25, 0.3) is 17.7 Å². The van der Waals surface area contributed by atoms with Gasteiger partial charge in [0.2, 0.25) is 0 Å². The lowest BCUT2D eigenvalue weighted by Gasteiger charge is -2.33. The van der Waals surface area contributed by atoms with E-state index in [1.54, 1.807) is 45.0 Å². The van der Waals surface area contributed by atoms with Crippen LogP contribution in [-0.4, -0.2) is 59.4 Å². The summed E-state index contributed by atoms with van der Waals surface area (Å²) >= 11 is 1.00. The first-order valence-electron chi connectivity index (χ1n) is 9.07. The number of methoxy groups -OCH3 is 1. The van der Waals surface area contributed by atoms with Crippen LogP contribution in [0, 0.1) is 6.92 Å². The third-order valence-electron chi connectivity index (χ3n) is 4.50. The molecule has 158 valence electrons. The van der Waals surface area contributed by atoms with E-state index < -0.39 is 17.4 Å². The predicted octanol–water partition coefficient (Wildman–Crippen LogP) is 2.27. The van der Waals surface area contributed by atoms with E-state index in [1.165, 1.54) is 7.11 Å². The van der Waals surface area contributed by atoms with Crippen molar-refractivity contribution in [1.29, 1.82) is 0 Å². The fourth-order valence-corrected chi connectivity index (χ4v) is 3.99. The maximum absolute atomic E-state index is 12.6. The molecule has 1 N–H and O–H groups in total. The van der Waals surface area contributed by atoms with Gasteiger partial charge < -0.3 is 9.47 Å². The molecule has 2 heterocycles. The number of carbonyl (C=O) groups is 4. The van der Waals surface area contributed by atoms with Crippen LogP contribution in [0.1, 0.15) is 49.9 Å². The summed E-state index contributed by atoms with van der Waals surface area (Å²) in [5.74, 6) is -1.77. The Balaban J connectivity index is 1.57. The zero-order chi connectivity index (χ0) is 22.1. The summed E-state index contributed by atoms with van der Waals surface area (Å²) < 4.78 is 10.1. The van der Waals surface area contributed by atoms with Crippen LogP contribution in [0.5, 0.6) is 0 Å². The van der Waals surface area contributed by atoms with Gasteiger partial charge in [-0.3, -0.25) is 24.6 Å². The second-order valence-electron chi connectivity index (χ2n) is 7.27. The third kappa shape index (κ3) is 4.10. The number of benzene rings is 1. The van der Waals surface area contributed by atoms with Gasteiger partial charge in [-0.1, -0.05) is 23.5 Å². The minimum absolute atomic E-state index is 0.0316. The summed E-state index contributed by atoms with van der Waals surface area (Å²) in [5, 5.41) is 2.81. The number of nitrogens with one attached hydrogen (secondary N) is 1. The van der Waals surface area contributed by atoms with Crippen LogP contribution >= 0.6 is 11.3 Å². The molecule has 0 bridgehead atoms. The number of ether oxygens (including phenoxy) is 2. The smallest absolute Gasteiger partial charge is 0.350 e. The van der Waals surface area contributed by atoms with Gasteiger partial charge in [0, 0.05) is 0 Å². The van der Waals surface area contributed by atoms with E-state index in [1.807, 2.05) is 0 Å². The summed E-state index contributed by atoms with van der Waals surface area (Å²) in [6.45, 7) is 4.69. The lowest BCUT2D eigenvalue weighted by molar-refractivity contribution is -0.121.